The van der Waals surface area contributed by atoms with Gasteiger partial charge in [-0.05, 0) is 36.0 Å². The number of nitrogens with zero attached hydrogens (tertiary/aromatic N) is 1. The summed E-state index contributed by atoms with van der Waals surface area (Å²) in [5, 5.41) is 13.3. The highest BCUT2D eigenvalue weighted by Crippen LogP contribution is 2.28. The third kappa shape index (κ3) is 5.02. The van der Waals surface area contributed by atoms with E-state index in [-0.39, 0.29) is 0 Å². The number of hydrazine groups is 1. The molecule has 2 aromatic rings. The summed E-state index contributed by atoms with van der Waals surface area (Å²) in [5.74, 6) is 7.81. The molecule has 1 aliphatic rings. The molecule has 1 unspecified atom stereocenters. The van der Waals surface area contributed by atoms with Crippen molar-refractivity contribution in [3.63, 3.8) is 0 Å². The first-order valence-corrected chi connectivity index (χ1v) is 10.8. The highest BCUT2D eigenvalue weighted by atomic mass is 32.2. The molecule has 5 N–H and O–H groups in total. The number of benzene rings is 2. The van der Waals surface area contributed by atoms with Gasteiger partial charge in [-0.2, -0.15) is 11.8 Å². The molecule has 1 saturated carbocycles. The summed E-state index contributed by atoms with van der Waals surface area (Å²) in [6.45, 7) is 0. The van der Waals surface area contributed by atoms with Crippen LogP contribution in [-0.2, 0) is 4.79 Å². The number of thioether (sulfide) groups is 1. The molecule has 0 spiro atoms. The Morgan fingerprint density at radius 3 is 2.63 bits per heavy atom. The second kappa shape index (κ2) is 9.55. The van der Waals surface area contributed by atoms with Crippen LogP contribution in [0.25, 0.3) is 10.8 Å². The van der Waals surface area contributed by atoms with Gasteiger partial charge in [0.25, 0.3) is 5.91 Å². The molecule has 2 atom stereocenters. The number of aliphatic hydroxyl groups excluding tert-OH is 1. The van der Waals surface area contributed by atoms with Crippen molar-refractivity contribution in [1.29, 1.82) is 0 Å². The van der Waals surface area contributed by atoms with E-state index in [1.807, 2.05) is 36.4 Å². The van der Waals surface area contributed by atoms with E-state index in [9.17, 15) is 9.90 Å². The number of fused-ring (bicyclic) bond motifs is 1. The molecule has 0 heterocycles. The van der Waals surface area contributed by atoms with Gasteiger partial charge in [0.15, 0.2) is 6.10 Å². The van der Waals surface area contributed by atoms with Gasteiger partial charge >= 0.3 is 0 Å². The molecule has 146 valence electrons. The van der Waals surface area contributed by atoms with Crippen molar-refractivity contribution in [2.75, 3.05) is 16.5 Å². The number of hydrogen-bond donors (Lipinski definition) is 3. The molecule has 6 heteroatoms. The zero-order valence-electron chi connectivity index (χ0n) is 15.6. The fraction of sp³-hybridized carbons (Fsp3) is 0.476. The Balaban J connectivity index is 1.58. The monoisotopic (exact) mass is 387 g/mol. The molecule has 1 amide bonds. The summed E-state index contributed by atoms with van der Waals surface area (Å²) in [6, 6.07) is 12.6. The van der Waals surface area contributed by atoms with E-state index in [2.05, 4.69) is 0 Å². The normalized spacial score (nSPS) is 17.6. The van der Waals surface area contributed by atoms with E-state index in [0.717, 1.165) is 27.5 Å². The zero-order valence-corrected chi connectivity index (χ0v) is 16.4. The minimum absolute atomic E-state index is 0.548. The number of rotatable bonds is 7. The van der Waals surface area contributed by atoms with Crippen LogP contribution in [0.2, 0.25) is 0 Å². The molecule has 0 bridgehead atoms. The summed E-state index contributed by atoms with van der Waals surface area (Å²) in [6.07, 6.45) is 5.21. The van der Waals surface area contributed by atoms with Crippen LogP contribution < -0.4 is 16.6 Å². The Labute approximate surface area is 165 Å². The maximum Gasteiger partial charge on any atom is 0.271 e. The first kappa shape index (κ1) is 20.1. The van der Waals surface area contributed by atoms with Crippen molar-refractivity contribution in [2.45, 2.75) is 44.2 Å². The maximum atomic E-state index is 12.7. The molecule has 0 radical (unpaired) electrons. The molecule has 0 aromatic heterocycles. The van der Waals surface area contributed by atoms with Gasteiger partial charge in [-0.15, -0.1) is 0 Å². The quantitative estimate of drug-likeness (QED) is 0.386. The lowest BCUT2D eigenvalue weighted by Crippen LogP contribution is -2.52. The Kier molecular flexibility index (Phi) is 7.13. The summed E-state index contributed by atoms with van der Waals surface area (Å²) in [4.78, 5) is 12.7. The van der Waals surface area contributed by atoms with Gasteiger partial charge in [0.05, 0.1) is 5.69 Å². The number of carbonyl (C=O) groups is 1. The van der Waals surface area contributed by atoms with E-state index in [4.69, 9.17) is 11.6 Å². The van der Waals surface area contributed by atoms with Crippen LogP contribution in [0.4, 0.5) is 5.69 Å². The Hall–Kier alpha value is -1.60. The van der Waals surface area contributed by atoms with Crippen LogP contribution in [0.5, 0.6) is 0 Å². The van der Waals surface area contributed by atoms with Crippen LogP contribution in [0.3, 0.4) is 0 Å². The second-order valence-corrected chi connectivity index (χ2v) is 8.43. The molecule has 1 fully saturated rings. The van der Waals surface area contributed by atoms with E-state index >= 15 is 0 Å². The highest BCUT2D eigenvalue weighted by molar-refractivity contribution is 7.99. The highest BCUT2D eigenvalue weighted by Gasteiger charge is 2.28. The molecular weight excluding hydrogens is 358 g/mol. The van der Waals surface area contributed by atoms with Crippen molar-refractivity contribution >= 4 is 34.1 Å². The fourth-order valence-electron chi connectivity index (χ4n) is 3.68. The van der Waals surface area contributed by atoms with Crippen LogP contribution in [0.15, 0.2) is 42.5 Å². The van der Waals surface area contributed by atoms with Crippen molar-refractivity contribution in [3.05, 3.63) is 42.5 Å². The van der Waals surface area contributed by atoms with Gasteiger partial charge in [-0.1, -0.05) is 55.7 Å². The van der Waals surface area contributed by atoms with Crippen molar-refractivity contribution in [2.24, 2.45) is 17.5 Å². The lowest BCUT2D eigenvalue weighted by molar-refractivity contribution is -0.127. The van der Waals surface area contributed by atoms with E-state index in [1.54, 1.807) is 17.8 Å². The zero-order chi connectivity index (χ0) is 19.2. The second-order valence-electron chi connectivity index (χ2n) is 7.36. The Morgan fingerprint density at radius 1 is 1.15 bits per heavy atom. The fourth-order valence-corrected chi connectivity index (χ4v) is 4.94. The molecule has 3 rings (SSSR count). The first-order chi connectivity index (χ1) is 13.1. The average Bonchev–Trinajstić information content (AvgIpc) is 2.72. The predicted octanol–water partition coefficient (Wildman–Crippen LogP) is 3.05. The molecule has 2 aromatic carbocycles. The summed E-state index contributed by atoms with van der Waals surface area (Å²) in [7, 11) is 0. The number of anilines is 1. The van der Waals surface area contributed by atoms with Gasteiger partial charge in [0, 0.05) is 17.2 Å². The molecule has 5 nitrogen and oxygen atoms in total. The van der Waals surface area contributed by atoms with Crippen LogP contribution >= 0.6 is 11.8 Å². The third-order valence-corrected chi connectivity index (χ3v) is 6.64. The Bertz CT molecular complexity index is 759. The van der Waals surface area contributed by atoms with Gasteiger partial charge in [0.2, 0.25) is 0 Å². The molecule has 0 aliphatic heterocycles. The number of aliphatic hydroxyl groups is 1. The average molecular weight is 388 g/mol. The third-order valence-electron chi connectivity index (χ3n) is 5.31. The molecule has 27 heavy (non-hydrogen) atoms. The largest absolute Gasteiger partial charge is 0.382 e. The Morgan fingerprint density at radius 2 is 1.85 bits per heavy atom. The SMILES string of the molecule is N[C@H](CSCC1CCCCC1)C(O)C(=O)N(N)c1cccc2ccccc12. The lowest BCUT2D eigenvalue weighted by atomic mass is 9.91. The maximum absolute atomic E-state index is 12.7. The first-order valence-electron chi connectivity index (χ1n) is 9.65. The number of carbonyl (C=O) groups excluding carboxylic acids is 1. The van der Waals surface area contributed by atoms with Gasteiger partial charge in [-0.25, -0.2) is 10.9 Å². The van der Waals surface area contributed by atoms with Crippen LogP contribution in [-0.4, -0.2) is 34.7 Å². The van der Waals surface area contributed by atoms with E-state index < -0.39 is 18.1 Å². The van der Waals surface area contributed by atoms with Crippen LogP contribution in [0.1, 0.15) is 32.1 Å². The minimum atomic E-state index is -1.31. The predicted molar refractivity (Wildman–Crippen MR) is 114 cm³/mol. The topological polar surface area (TPSA) is 92.6 Å². The van der Waals surface area contributed by atoms with Gasteiger partial charge in [-0.3, -0.25) is 4.79 Å². The number of hydrogen-bond acceptors (Lipinski definition) is 5. The van der Waals surface area contributed by atoms with Crippen LogP contribution in [0, 0.1) is 5.92 Å². The number of nitrogens with two attached hydrogens (primary N) is 2. The summed E-state index contributed by atoms with van der Waals surface area (Å²) < 4.78 is 0. The van der Waals surface area contributed by atoms with E-state index in [0.29, 0.717) is 11.4 Å². The van der Waals surface area contributed by atoms with Crippen molar-refractivity contribution in [3.8, 4) is 0 Å². The van der Waals surface area contributed by atoms with Gasteiger partial charge < -0.3 is 10.8 Å². The molecular formula is C21H29N3O2S. The van der Waals surface area contributed by atoms with Crippen molar-refractivity contribution in [1.82, 2.24) is 0 Å². The number of amides is 1. The minimum Gasteiger partial charge on any atom is -0.382 e. The van der Waals surface area contributed by atoms with Gasteiger partial charge in [0.1, 0.15) is 0 Å². The van der Waals surface area contributed by atoms with E-state index in [1.165, 1.54) is 32.1 Å². The molecule has 1 aliphatic carbocycles. The molecule has 0 saturated heterocycles. The standard InChI is InChI=1S/C21H29N3O2S/c22-18(14-27-13-15-7-2-1-3-8-15)20(25)21(26)24(23)19-12-6-10-16-9-4-5-11-17(16)19/h4-6,9-12,15,18,20,25H,1-3,7-8,13-14,22-23H2/t18-,20?/m1/s1. The summed E-state index contributed by atoms with van der Waals surface area (Å²) >= 11 is 1.73. The lowest BCUT2D eigenvalue weighted by Gasteiger charge is -2.25. The smallest absolute Gasteiger partial charge is 0.271 e. The summed E-state index contributed by atoms with van der Waals surface area (Å²) in [5.41, 5.74) is 6.66. The van der Waals surface area contributed by atoms with Crippen molar-refractivity contribution < 1.29 is 9.90 Å².